The SMILES string of the molecule is CCC1C(=O)NC(=O)CN1C(=O)CC1CCCCCC1. The van der Waals surface area contributed by atoms with Crippen LogP contribution in [-0.2, 0) is 14.4 Å². The summed E-state index contributed by atoms with van der Waals surface area (Å²) in [5.41, 5.74) is 0. The average molecular weight is 280 g/mol. The molecule has 0 aromatic rings. The fourth-order valence-corrected chi connectivity index (χ4v) is 3.27. The second kappa shape index (κ2) is 6.86. The van der Waals surface area contributed by atoms with E-state index >= 15 is 0 Å². The van der Waals surface area contributed by atoms with Crippen LogP contribution in [0.1, 0.15) is 58.3 Å². The Hall–Kier alpha value is -1.39. The summed E-state index contributed by atoms with van der Waals surface area (Å²) in [6.07, 6.45) is 8.11. The van der Waals surface area contributed by atoms with Crippen LogP contribution in [0, 0.1) is 5.92 Å². The molecule has 0 spiro atoms. The lowest BCUT2D eigenvalue weighted by Gasteiger charge is -2.34. The lowest BCUT2D eigenvalue weighted by atomic mass is 9.95. The molecule has 5 heteroatoms. The predicted octanol–water partition coefficient (Wildman–Crippen LogP) is 1.61. The van der Waals surface area contributed by atoms with Gasteiger partial charge in [0, 0.05) is 6.42 Å². The van der Waals surface area contributed by atoms with E-state index in [1.54, 1.807) is 0 Å². The molecule has 1 N–H and O–H groups in total. The van der Waals surface area contributed by atoms with Gasteiger partial charge in [-0.1, -0.05) is 32.6 Å². The van der Waals surface area contributed by atoms with Crippen LogP contribution in [0.25, 0.3) is 0 Å². The minimum atomic E-state index is -0.481. The zero-order valence-corrected chi connectivity index (χ0v) is 12.2. The number of nitrogens with one attached hydrogen (secondary N) is 1. The van der Waals surface area contributed by atoms with Crippen molar-refractivity contribution in [1.29, 1.82) is 0 Å². The van der Waals surface area contributed by atoms with Crippen molar-refractivity contribution in [3.8, 4) is 0 Å². The third-order valence-corrected chi connectivity index (χ3v) is 4.40. The molecule has 0 bridgehead atoms. The maximum atomic E-state index is 12.4. The van der Waals surface area contributed by atoms with E-state index in [1.165, 1.54) is 30.6 Å². The Morgan fingerprint density at radius 2 is 1.85 bits per heavy atom. The monoisotopic (exact) mass is 280 g/mol. The van der Waals surface area contributed by atoms with Crippen LogP contribution in [-0.4, -0.2) is 35.2 Å². The van der Waals surface area contributed by atoms with Gasteiger partial charge >= 0.3 is 0 Å². The minimum absolute atomic E-state index is 0.0236. The number of piperazine rings is 1. The predicted molar refractivity (Wildman–Crippen MR) is 74.8 cm³/mol. The summed E-state index contributed by atoms with van der Waals surface area (Å²) in [7, 11) is 0. The Bertz CT molecular complexity index is 387. The molecule has 1 saturated carbocycles. The number of amides is 3. The molecule has 1 heterocycles. The highest BCUT2D eigenvalue weighted by atomic mass is 16.2. The number of carbonyl (C=O) groups is 3. The highest BCUT2D eigenvalue weighted by Crippen LogP contribution is 2.26. The summed E-state index contributed by atoms with van der Waals surface area (Å²) >= 11 is 0. The van der Waals surface area contributed by atoms with Crippen molar-refractivity contribution in [2.45, 2.75) is 64.3 Å². The summed E-state index contributed by atoms with van der Waals surface area (Å²) in [6.45, 7) is 1.89. The zero-order chi connectivity index (χ0) is 14.5. The number of rotatable bonds is 3. The van der Waals surface area contributed by atoms with E-state index in [2.05, 4.69) is 5.32 Å². The van der Waals surface area contributed by atoms with Crippen molar-refractivity contribution in [3.63, 3.8) is 0 Å². The van der Waals surface area contributed by atoms with Gasteiger partial charge in [0.2, 0.25) is 17.7 Å². The first-order valence-electron chi connectivity index (χ1n) is 7.75. The number of nitrogens with zero attached hydrogens (tertiary/aromatic N) is 1. The normalized spacial score (nSPS) is 25.2. The molecule has 2 aliphatic rings. The maximum absolute atomic E-state index is 12.4. The van der Waals surface area contributed by atoms with Gasteiger partial charge in [0.05, 0.1) is 0 Å². The Balaban J connectivity index is 1.98. The molecule has 2 rings (SSSR count). The van der Waals surface area contributed by atoms with Crippen LogP contribution in [0.3, 0.4) is 0 Å². The van der Waals surface area contributed by atoms with Crippen LogP contribution in [0.15, 0.2) is 0 Å². The molecule has 1 aliphatic heterocycles. The maximum Gasteiger partial charge on any atom is 0.249 e. The Labute approximate surface area is 120 Å². The van der Waals surface area contributed by atoms with E-state index in [4.69, 9.17) is 0 Å². The Kier molecular flexibility index (Phi) is 5.15. The van der Waals surface area contributed by atoms with Gasteiger partial charge in [-0.05, 0) is 25.2 Å². The van der Waals surface area contributed by atoms with Gasteiger partial charge in [-0.15, -0.1) is 0 Å². The van der Waals surface area contributed by atoms with Gasteiger partial charge in [0.25, 0.3) is 0 Å². The molecular weight excluding hydrogens is 256 g/mol. The Morgan fingerprint density at radius 1 is 1.20 bits per heavy atom. The molecule has 1 aliphatic carbocycles. The van der Waals surface area contributed by atoms with Crippen molar-refractivity contribution in [2.75, 3.05) is 6.54 Å². The van der Waals surface area contributed by atoms with Crippen LogP contribution in [0.2, 0.25) is 0 Å². The zero-order valence-electron chi connectivity index (χ0n) is 12.2. The third kappa shape index (κ3) is 3.58. The highest BCUT2D eigenvalue weighted by molar-refractivity contribution is 6.04. The molecule has 0 aromatic heterocycles. The molecule has 1 unspecified atom stereocenters. The van der Waals surface area contributed by atoms with Crippen LogP contribution in [0.4, 0.5) is 0 Å². The number of hydrogen-bond acceptors (Lipinski definition) is 3. The fraction of sp³-hybridized carbons (Fsp3) is 0.800. The molecule has 1 atom stereocenters. The van der Waals surface area contributed by atoms with Crippen molar-refractivity contribution in [1.82, 2.24) is 10.2 Å². The Morgan fingerprint density at radius 3 is 2.45 bits per heavy atom. The van der Waals surface area contributed by atoms with E-state index in [1.807, 2.05) is 6.92 Å². The van der Waals surface area contributed by atoms with E-state index in [-0.39, 0.29) is 24.3 Å². The second-order valence-corrected chi connectivity index (χ2v) is 5.92. The molecule has 5 nitrogen and oxygen atoms in total. The third-order valence-electron chi connectivity index (χ3n) is 4.40. The highest BCUT2D eigenvalue weighted by Gasteiger charge is 2.35. The summed E-state index contributed by atoms with van der Waals surface area (Å²) in [6, 6.07) is -0.481. The topological polar surface area (TPSA) is 66.5 Å². The van der Waals surface area contributed by atoms with Gasteiger partial charge < -0.3 is 4.90 Å². The summed E-state index contributed by atoms with van der Waals surface area (Å²) in [4.78, 5) is 37.2. The molecule has 112 valence electrons. The quantitative estimate of drug-likeness (QED) is 0.631. The molecule has 3 amide bonds. The van der Waals surface area contributed by atoms with Gasteiger partial charge in [0.1, 0.15) is 12.6 Å². The smallest absolute Gasteiger partial charge is 0.249 e. The van der Waals surface area contributed by atoms with Gasteiger partial charge in [-0.2, -0.15) is 0 Å². The molecular formula is C15H24N2O3. The second-order valence-electron chi connectivity index (χ2n) is 5.92. The number of carbonyl (C=O) groups excluding carboxylic acids is 3. The standard InChI is InChI=1S/C15H24N2O3/c1-2-12-15(20)16-13(18)10-17(12)14(19)9-11-7-5-3-4-6-8-11/h11-12H,2-10H2,1H3,(H,16,18,20). The lowest BCUT2D eigenvalue weighted by molar-refractivity contribution is -0.150. The van der Waals surface area contributed by atoms with Gasteiger partial charge in [-0.3, -0.25) is 19.7 Å². The van der Waals surface area contributed by atoms with Crippen molar-refractivity contribution < 1.29 is 14.4 Å². The van der Waals surface area contributed by atoms with Gasteiger partial charge in [0.15, 0.2) is 0 Å². The summed E-state index contributed by atoms with van der Waals surface area (Å²) in [5.74, 6) is -0.318. The largest absolute Gasteiger partial charge is 0.321 e. The van der Waals surface area contributed by atoms with E-state index in [0.717, 1.165) is 12.8 Å². The number of hydrogen-bond donors (Lipinski definition) is 1. The first-order chi connectivity index (χ1) is 9.61. The van der Waals surface area contributed by atoms with E-state index in [9.17, 15) is 14.4 Å². The lowest BCUT2D eigenvalue weighted by Crippen LogP contribution is -2.59. The van der Waals surface area contributed by atoms with E-state index < -0.39 is 6.04 Å². The first-order valence-corrected chi connectivity index (χ1v) is 7.75. The van der Waals surface area contributed by atoms with E-state index in [0.29, 0.717) is 18.8 Å². The van der Waals surface area contributed by atoms with Crippen molar-refractivity contribution in [2.24, 2.45) is 5.92 Å². The van der Waals surface area contributed by atoms with Crippen LogP contribution >= 0.6 is 0 Å². The molecule has 20 heavy (non-hydrogen) atoms. The molecule has 1 saturated heterocycles. The molecule has 0 aromatic carbocycles. The molecule has 0 radical (unpaired) electrons. The summed E-state index contributed by atoms with van der Waals surface area (Å²) < 4.78 is 0. The van der Waals surface area contributed by atoms with Crippen LogP contribution < -0.4 is 5.32 Å². The fourth-order valence-electron chi connectivity index (χ4n) is 3.27. The molecule has 2 fully saturated rings. The number of imide groups is 1. The van der Waals surface area contributed by atoms with Crippen molar-refractivity contribution >= 4 is 17.7 Å². The first kappa shape index (κ1) is 15.0. The van der Waals surface area contributed by atoms with Crippen molar-refractivity contribution in [3.05, 3.63) is 0 Å². The average Bonchev–Trinajstić information content (AvgIpc) is 2.66. The van der Waals surface area contributed by atoms with Crippen LogP contribution in [0.5, 0.6) is 0 Å². The minimum Gasteiger partial charge on any atom is -0.321 e. The summed E-state index contributed by atoms with van der Waals surface area (Å²) in [5, 5.41) is 2.31. The van der Waals surface area contributed by atoms with Gasteiger partial charge in [-0.25, -0.2) is 0 Å².